The molecule has 0 bridgehead atoms. The largest absolute Gasteiger partial charge is 0.377 e. The number of nitrogens with zero attached hydrogens (tertiary/aromatic N) is 3. The second kappa shape index (κ2) is 6.67. The summed E-state index contributed by atoms with van der Waals surface area (Å²) in [5.74, 6) is 0. The third-order valence-electron chi connectivity index (χ3n) is 4.11. The second-order valence-corrected chi connectivity index (χ2v) is 5.57. The van der Waals surface area contributed by atoms with Crippen LogP contribution < -0.4 is 5.73 Å². The van der Waals surface area contributed by atoms with Gasteiger partial charge in [-0.3, -0.25) is 4.90 Å². The molecule has 0 spiro atoms. The molecule has 20 heavy (non-hydrogen) atoms. The van der Waals surface area contributed by atoms with Gasteiger partial charge < -0.3 is 19.8 Å². The Morgan fingerprint density at radius 3 is 2.35 bits per heavy atom. The van der Waals surface area contributed by atoms with E-state index in [0.29, 0.717) is 12.6 Å². The molecule has 1 saturated heterocycles. The van der Waals surface area contributed by atoms with Crippen molar-refractivity contribution in [3.63, 3.8) is 0 Å². The van der Waals surface area contributed by atoms with Gasteiger partial charge in [-0.1, -0.05) is 0 Å². The van der Waals surface area contributed by atoms with E-state index in [4.69, 9.17) is 15.2 Å². The summed E-state index contributed by atoms with van der Waals surface area (Å²) in [5, 5.41) is 0. The van der Waals surface area contributed by atoms with Crippen LogP contribution in [0.4, 0.5) is 0 Å². The lowest BCUT2D eigenvalue weighted by Crippen LogP contribution is -2.34. The lowest BCUT2D eigenvalue weighted by Gasteiger charge is -2.28. The zero-order valence-electron chi connectivity index (χ0n) is 12.8. The molecule has 1 aliphatic rings. The van der Waals surface area contributed by atoms with E-state index in [9.17, 15) is 0 Å². The van der Waals surface area contributed by atoms with Gasteiger partial charge in [-0.05, 0) is 13.8 Å². The van der Waals surface area contributed by atoms with Crippen LogP contribution in [-0.2, 0) is 9.47 Å². The molecule has 1 aromatic rings. The van der Waals surface area contributed by atoms with Gasteiger partial charge in [0.2, 0.25) is 0 Å². The van der Waals surface area contributed by atoms with Crippen LogP contribution in [0.3, 0.4) is 0 Å². The Morgan fingerprint density at radius 2 is 1.90 bits per heavy atom. The van der Waals surface area contributed by atoms with Crippen LogP contribution in [0.25, 0.3) is 0 Å². The van der Waals surface area contributed by atoms with Gasteiger partial charge in [0, 0.05) is 46.1 Å². The molecule has 1 aliphatic heterocycles. The van der Waals surface area contributed by atoms with Crippen molar-refractivity contribution < 1.29 is 9.47 Å². The molecule has 6 nitrogen and oxygen atoms in total. The Morgan fingerprint density at radius 1 is 1.30 bits per heavy atom. The first-order chi connectivity index (χ1) is 9.62. The predicted molar refractivity (Wildman–Crippen MR) is 77.6 cm³/mol. The highest BCUT2D eigenvalue weighted by Crippen LogP contribution is 2.27. The lowest BCUT2D eigenvalue weighted by molar-refractivity contribution is -0.00461. The second-order valence-electron chi connectivity index (χ2n) is 5.57. The fourth-order valence-corrected chi connectivity index (χ4v) is 2.94. The van der Waals surface area contributed by atoms with Crippen molar-refractivity contribution >= 4 is 0 Å². The number of ether oxygens (including phenoxy) is 2. The Labute approximate surface area is 120 Å². The Bertz CT molecular complexity index is 409. The minimum Gasteiger partial charge on any atom is -0.377 e. The highest BCUT2D eigenvalue weighted by molar-refractivity contribution is 5.09. The maximum Gasteiger partial charge on any atom is 0.0972 e. The summed E-state index contributed by atoms with van der Waals surface area (Å²) in [6, 6.07) is 0.526. The molecule has 0 saturated carbocycles. The molecule has 2 N–H and O–H groups in total. The van der Waals surface area contributed by atoms with Crippen LogP contribution in [-0.4, -0.2) is 60.5 Å². The number of hydrogen-bond donors (Lipinski definition) is 1. The van der Waals surface area contributed by atoms with E-state index in [1.807, 2.05) is 12.5 Å². The van der Waals surface area contributed by atoms with E-state index in [1.54, 1.807) is 14.2 Å². The van der Waals surface area contributed by atoms with Gasteiger partial charge in [-0.25, -0.2) is 4.98 Å². The van der Waals surface area contributed by atoms with Crippen LogP contribution in [0.15, 0.2) is 12.5 Å². The molecule has 1 aromatic heterocycles. The number of likely N-dealkylation sites (tertiary alicyclic amines) is 1. The Kier molecular flexibility index (Phi) is 5.15. The van der Waals surface area contributed by atoms with Gasteiger partial charge in [0.1, 0.15) is 0 Å². The molecular formula is C14H26N4O2. The molecular weight excluding hydrogens is 256 g/mol. The van der Waals surface area contributed by atoms with Gasteiger partial charge >= 0.3 is 0 Å². The maximum atomic E-state index is 6.02. The Balaban J connectivity index is 2.19. The zero-order valence-corrected chi connectivity index (χ0v) is 12.8. The molecule has 0 amide bonds. The number of hydrogen-bond acceptors (Lipinski definition) is 5. The molecule has 0 aromatic carbocycles. The summed E-state index contributed by atoms with van der Waals surface area (Å²) in [7, 11) is 3.46. The molecule has 114 valence electrons. The highest BCUT2D eigenvalue weighted by atomic mass is 16.5. The van der Waals surface area contributed by atoms with Crippen molar-refractivity contribution in [1.29, 1.82) is 0 Å². The quantitative estimate of drug-likeness (QED) is 0.836. The van der Waals surface area contributed by atoms with Crippen molar-refractivity contribution in [2.24, 2.45) is 5.73 Å². The normalized spacial score (nSPS) is 25.5. The first-order valence-corrected chi connectivity index (χ1v) is 7.13. The van der Waals surface area contributed by atoms with Gasteiger partial charge in [0.25, 0.3) is 0 Å². The summed E-state index contributed by atoms with van der Waals surface area (Å²) >= 11 is 0. The number of imidazole rings is 1. The summed E-state index contributed by atoms with van der Waals surface area (Å²) in [6.07, 6.45) is 3.99. The van der Waals surface area contributed by atoms with Gasteiger partial charge in [0.05, 0.1) is 30.3 Å². The molecule has 2 heterocycles. The predicted octanol–water partition coefficient (Wildman–Crippen LogP) is 0.809. The summed E-state index contributed by atoms with van der Waals surface area (Å²) in [5.41, 5.74) is 7.18. The summed E-state index contributed by atoms with van der Waals surface area (Å²) in [6.45, 7) is 6.53. The van der Waals surface area contributed by atoms with Gasteiger partial charge in [-0.2, -0.15) is 0 Å². The monoisotopic (exact) mass is 282 g/mol. The van der Waals surface area contributed by atoms with Gasteiger partial charge in [-0.15, -0.1) is 0 Å². The maximum absolute atomic E-state index is 6.02. The molecule has 0 radical (unpaired) electrons. The lowest BCUT2D eigenvalue weighted by atomic mass is 10.1. The zero-order chi connectivity index (χ0) is 14.7. The third-order valence-corrected chi connectivity index (χ3v) is 4.11. The van der Waals surface area contributed by atoms with Crippen LogP contribution in [0.1, 0.15) is 31.6 Å². The molecule has 6 heteroatoms. The number of aromatic nitrogens is 2. The van der Waals surface area contributed by atoms with E-state index in [1.165, 1.54) is 0 Å². The minimum atomic E-state index is 0.101. The minimum absolute atomic E-state index is 0.101. The van der Waals surface area contributed by atoms with Crippen molar-refractivity contribution in [1.82, 2.24) is 14.5 Å². The summed E-state index contributed by atoms with van der Waals surface area (Å²) < 4.78 is 13.2. The first kappa shape index (κ1) is 15.4. The van der Waals surface area contributed by atoms with Crippen molar-refractivity contribution in [2.45, 2.75) is 38.1 Å². The van der Waals surface area contributed by atoms with E-state index in [2.05, 4.69) is 28.3 Å². The smallest absolute Gasteiger partial charge is 0.0972 e. The van der Waals surface area contributed by atoms with Crippen molar-refractivity contribution in [3.05, 3.63) is 18.2 Å². The average Bonchev–Trinajstić information content (AvgIpc) is 3.06. The molecule has 0 aliphatic carbocycles. The van der Waals surface area contributed by atoms with Crippen molar-refractivity contribution in [2.75, 3.05) is 33.9 Å². The van der Waals surface area contributed by atoms with Crippen LogP contribution in [0.2, 0.25) is 0 Å². The van der Waals surface area contributed by atoms with E-state index >= 15 is 0 Å². The number of nitrogens with two attached hydrogens (primary N) is 1. The molecule has 3 unspecified atom stereocenters. The fraction of sp³-hybridized carbons (Fsp3) is 0.786. The first-order valence-electron chi connectivity index (χ1n) is 7.13. The van der Waals surface area contributed by atoms with E-state index in [-0.39, 0.29) is 18.2 Å². The molecule has 3 atom stereocenters. The average molecular weight is 282 g/mol. The molecule has 2 rings (SSSR count). The van der Waals surface area contributed by atoms with E-state index in [0.717, 1.165) is 18.8 Å². The van der Waals surface area contributed by atoms with Crippen LogP contribution in [0.5, 0.6) is 0 Å². The van der Waals surface area contributed by atoms with Gasteiger partial charge in [0.15, 0.2) is 0 Å². The van der Waals surface area contributed by atoms with E-state index < -0.39 is 0 Å². The third kappa shape index (κ3) is 2.88. The number of methoxy groups -OCH3 is 2. The Hall–Kier alpha value is -0.950. The SMILES string of the molecule is COC1CN(C(CN)c2cncn2C(C)C)CC1OC. The van der Waals surface area contributed by atoms with Crippen LogP contribution in [0, 0.1) is 0 Å². The number of rotatable bonds is 6. The highest BCUT2D eigenvalue weighted by Gasteiger charge is 2.37. The van der Waals surface area contributed by atoms with Crippen LogP contribution >= 0.6 is 0 Å². The standard InChI is InChI=1S/C14H26N4O2/c1-10(2)18-9-16-6-12(18)11(5-15)17-7-13(19-3)14(8-17)20-4/h6,9-11,13-14H,5,7-8,15H2,1-4H3. The molecule has 1 fully saturated rings. The fourth-order valence-electron chi connectivity index (χ4n) is 2.94. The summed E-state index contributed by atoms with van der Waals surface area (Å²) in [4.78, 5) is 6.61. The van der Waals surface area contributed by atoms with Crippen molar-refractivity contribution in [3.8, 4) is 0 Å². The topological polar surface area (TPSA) is 65.5 Å².